The second-order valence-corrected chi connectivity index (χ2v) is 7.32. The lowest BCUT2D eigenvalue weighted by molar-refractivity contribution is -0.116. The molecule has 0 aromatic heterocycles. The molecule has 0 radical (unpaired) electrons. The molecule has 1 aromatic rings. The van der Waals surface area contributed by atoms with E-state index in [2.05, 4.69) is 5.32 Å². The molecular formula is C17H22N2O2S. The van der Waals surface area contributed by atoms with Gasteiger partial charge >= 0.3 is 0 Å². The highest BCUT2D eigenvalue weighted by Crippen LogP contribution is 2.32. The maximum Gasteiger partial charge on any atom is 0.234 e. The molecular weight excluding hydrogens is 296 g/mol. The molecule has 0 atom stereocenters. The molecule has 3 rings (SSSR count). The van der Waals surface area contributed by atoms with Gasteiger partial charge in [0.1, 0.15) is 0 Å². The fraction of sp³-hybridized carbons (Fsp3) is 0.529. The minimum atomic E-state index is 0.0456. The van der Waals surface area contributed by atoms with Crippen LogP contribution in [-0.2, 0) is 16.0 Å². The Balaban J connectivity index is 1.59. The number of carbonyl (C=O) groups is 2. The molecule has 1 aromatic carbocycles. The zero-order valence-corrected chi connectivity index (χ0v) is 13.7. The smallest absolute Gasteiger partial charge is 0.234 e. The number of benzene rings is 1. The third-order valence-electron chi connectivity index (χ3n) is 4.40. The molecule has 2 amide bonds. The zero-order valence-electron chi connectivity index (χ0n) is 12.9. The van der Waals surface area contributed by atoms with Gasteiger partial charge in [0.05, 0.1) is 5.75 Å². The van der Waals surface area contributed by atoms with Crippen molar-refractivity contribution in [1.29, 1.82) is 0 Å². The van der Waals surface area contributed by atoms with Crippen LogP contribution >= 0.6 is 11.8 Å². The first-order chi connectivity index (χ1) is 10.6. The van der Waals surface area contributed by atoms with E-state index in [0.717, 1.165) is 24.3 Å². The minimum absolute atomic E-state index is 0.0456. The van der Waals surface area contributed by atoms with E-state index >= 15 is 0 Å². The molecule has 2 aliphatic rings. The van der Waals surface area contributed by atoms with Crippen LogP contribution in [0, 0.1) is 0 Å². The van der Waals surface area contributed by atoms with Crippen LogP contribution < -0.4 is 10.2 Å². The van der Waals surface area contributed by atoms with E-state index in [4.69, 9.17) is 0 Å². The number of amides is 2. The summed E-state index contributed by atoms with van der Waals surface area (Å²) in [5, 5.41) is 3.61. The molecule has 1 heterocycles. The molecule has 1 saturated carbocycles. The van der Waals surface area contributed by atoms with Crippen LogP contribution in [0.3, 0.4) is 0 Å². The first-order valence-electron chi connectivity index (χ1n) is 7.96. The quantitative estimate of drug-likeness (QED) is 0.927. The lowest BCUT2D eigenvalue weighted by Gasteiger charge is -2.16. The van der Waals surface area contributed by atoms with Crippen molar-refractivity contribution in [2.45, 2.75) is 44.3 Å². The molecule has 0 unspecified atom stereocenters. The third kappa shape index (κ3) is 3.46. The Kier molecular flexibility index (Phi) is 4.71. The maximum absolute atomic E-state index is 12.1. The van der Waals surface area contributed by atoms with Crippen molar-refractivity contribution in [1.82, 2.24) is 0 Å². The Bertz CT molecular complexity index is 582. The summed E-state index contributed by atoms with van der Waals surface area (Å²) in [5.41, 5.74) is 2.89. The number of hydrogen-bond acceptors (Lipinski definition) is 3. The lowest BCUT2D eigenvalue weighted by Crippen LogP contribution is -2.25. The molecule has 1 aliphatic carbocycles. The summed E-state index contributed by atoms with van der Waals surface area (Å²) in [6.07, 6.45) is 5.96. The van der Waals surface area contributed by atoms with E-state index in [1.54, 1.807) is 23.6 Å². The normalized spacial score (nSPS) is 17.6. The molecule has 0 bridgehead atoms. The second kappa shape index (κ2) is 6.73. The van der Waals surface area contributed by atoms with Crippen molar-refractivity contribution in [3.8, 4) is 0 Å². The summed E-state index contributed by atoms with van der Waals surface area (Å²) >= 11 is 1.77. The summed E-state index contributed by atoms with van der Waals surface area (Å²) in [5.74, 6) is 0.612. The van der Waals surface area contributed by atoms with E-state index < -0.39 is 0 Å². The van der Waals surface area contributed by atoms with E-state index in [1.165, 1.54) is 31.2 Å². The highest BCUT2D eigenvalue weighted by atomic mass is 32.2. The molecule has 5 heteroatoms. The van der Waals surface area contributed by atoms with Gasteiger partial charge in [-0.15, -0.1) is 11.8 Å². The van der Waals surface area contributed by atoms with Crippen molar-refractivity contribution >= 4 is 35.0 Å². The average molecular weight is 318 g/mol. The Hall–Kier alpha value is -1.49. The van der Waals surface area contributed by atoms with Crippen LogP contribution in [0.25, 0.3) is 0 Å². The number of nitrogens with one attached hydrogen (secondary N) is 1. The Labute approximate surface area is 135 Å². The van der Waals surface area contributed by atoms with Gasteiger partial charge in [-0.1, -0.05) is 18.9 Å². The predicted octanol–water partition coefficient (Wildman–Crippen LogP) is 3.21. The number of fused-ring (bicyclic) bond motifs is 1. The topological polar surface area (TPSA) is 49.4 Å². The average Bonchev–Trinajstić information content (AvgIpc) is 3.14. The molecule has 1 aliphatic heterocycles. The van der Waals surface area contributed by atoms with E-state index in [9.17, 15) is 9.59 Å². The molecule has 1 fully saturated rings. The maximum atomic E-state index is 12.1. The van der Waals surface area contributed by atoms with Crippen molar-refractivity contribution < 1.29 is 9.59 Å². The number of carbonyl (C=O) groups excluding carboxylic acids is 2. The number of hydrogen-bond donors (Lipinski definition) is 1. The van der Waals surface area contributed by atoms with Gasteiger partial charge in [0.2, 0.25) is 11.8 Å². The molecule has 0 spiro atoms. The molecule has 0 saturated heterocycles. The SMILES string of the molecule is CC(=O)N1CCc2ccc(NC(=O)CSC3CCCC3)cc21. The van der Waals surface area contributed by atoms with Gasteiger partial charge in [-0.25, -0.2) is 0 Å². The third-order valence-corrected chi connectivity index (χ3v) is 5.77. The van der Waals surface area contributed by atoms with E-state index in [1.807, 2.05) is 18.2 Å². The van der Waals surface area contributed by atoms with Gasteiger partial charge in [-0.2, -0.15) is 0 Å². The van der Waals surface area contributed by atoms with Crippen LogP contribution in [0.1, 0.15) is 38.2 Å². The second-order valence-electron chi connectivity index (χ2n) is 6.03. The molecule has 1 N–H and O–H groups in total. The van der Waals surface area contributed by atoms with Gasteiger partial charge in [-0.05, 0) is 37.0 Å². The van der Waals surface area contributed by atoms with Gasteiger partial charge in [0.15, 0.2) is 0 Å². The van der Waals surface area contributed by atoms with Crippen LogP contribution in [0.15, 0.2) is 18.2 Å². The fourth-order valence-electron chi connectivity index (χ4n) is 3.23. The first kappa shape index (κ1) is 15.4. The zero-order chi connectivity index (χ0) is 15.5. The van der Waals surface area contributed by atoms with Crippen LogP contribution in [0.5, 0.6) is 0 Å². The van der Waals surface area contributed by atoms with Crippen molar-refractivity contribution in [3.05, 3.63) is 23.8 Å². The fourth-order valence-corrected chi connectivity index (χ4v) is 4.36. The standard InChI is InChI=1S/C17H22N2O2S/c1-12(20)19-9-8-13-6-7-14(10-16(13)19)18-17(21)11-22-15-4-2-3-5-15/h6-7,10,15H,2-5,8-9,11H2,1H3,(H,18,21). The summed E-state index contributed by atoms with van der Waals surface area (Å²) < 4.78 is 0. The highest BCUT2D eigenvalue weighted by Gasteiger charge is 2.22. The van der Waals surface area contributed by atoms with E-state index in [-0.39, 0.29) is 11.8 Å². The lowest BCUT2D eigenvalue weighted by atomic mass is 10.1. The monoisotopic (exact) mass is 318 g/mol. The van der Waals surface area contributed by atoms with Crippen molar-refractivity contribution in [3.63, 3.8) is 0 Å². The number of nitrogens with zero attached hydrogens (tertiary/aromatic N) is 1. The summed E-state index contributed by atoms with van der Waals surface area (Å²) in [7, 11) is 0. The number of thioether (sulfide) groups is 1. The summed E-state index contributed by atoms with van der Waals surface area (Å²) in [6.45, 7) is 2.32. The summed E-state index contributed by atoms with van der Waals surface area (Å²) in [4.78, 5) is 25.5. The van der Waals surface area contributed by atoms with Crippen LogP contribution in [0.2, 0.25) is 0 Å². The Morgan fingerprint density at radius 1 is 1.32 bits per heavy atom. The molecule has 4 nitrogen and oxygen atoms in total. The Morgan fingerprint density at radius 2 is 2.09 bits per heavy atom. The number of anilines is 2. The first-order valence-corrected chi connectivity index (χ1v) is 9.01. The van der Waals surface area contributed by atoms with Gasteiger partial charge < -0.3 is 10.2 Å². The predicted molar refractivity (Wildman–Crippen MR) is 91.5 cm³/mol. The highest BCUT2D eigenvalue weighted by molar-refractivity contribution is 8.00. The minimum Gasteiger partial charge on any atom is -0.325 e. The van der Waals surface area contributed by atoms with E-state index in [0.29, 0.717) is 11.0 Å². The van der Waals surface area contributed by atoms with Gasteiger partial charge in [0, 0.05) is 30.1 Å². The van der Waals surface area contributed by atoms with Crippen molar-refractivity contribution in [2.24, 2.45) is 0 Å². The molecule has 118 valence electrons. The van der Waals surface area contributed by atoms with Gasteiger partial charge in [-0.3, -0.25) is 9.59 Å². The van der Waals surface area contributed by atoms with Crippen molar-refractivity contribution in [2.75, 3.05) is 22.5 Å². The largest absolute Gasteiger partial charge is 0.325 e. The van der Waals surface area contributed by atoms with Gasteiger partial charge in [0.25, 0.3) is 0 Å². The molecule has 22 heavy (non-hydrogen) atoms. The summed E-state index contributed by atoms with van der Waals surface area (Å²) in [6, 6.07) is 5.86. The Morgan fingerprint density at radius 3 is 2.82 bits per heavy atom. The van der Waals surface area contributed by atoms with Crippen LogP contribution in [0.4, 0.5) is 11.4 Å². The number of rotatable bonds is 4. The van der Waals surface area contributed by atoms with Crippen LogP contribution in [-0.4, -0.2) is 29.4 Å².